The predicted octanol–water partition coefficient (Wildman–Crippen LogP) is 1.07. The molecule has 14 heavy (non-hydrogen) atoms. The zero-order valence-electron chi connectivity index (χ0n) is 7.66. The minimum absolute atomic E-state index is 0.210. The average molecular weight is 197 g/mol. The quantitative estimate of drug-likeness (QED) is 0.745. The largest absolute Gasteiger partial charge is 0.360 e. The number of aromatic amines is 1. The van der Waals surface area contributed by atoms with E-state index in [1.165, 1.54) is 12.4 Å². The Hall–Kier alpha value is -1.39. The zero-order chi connectivity index (χ0) is 9.97. The maximum absolute atomic E-state index is 13.2. The number of halogens is 1. The van der Waals surface area contributed by atoms with Crippen molar-refractivity contribution in [1.82, 2.24) is 9.97 Å². The standard InChI is InChI=1S/C9H12FN3O/c10-6-2-1-3-7(6)13-8-9(14)12-5-4-11-8/h4-7H,1-3H2,(H,11,13)(H,12,14)/t6-,7+/m0/s1. The second-order valence-electron chi connectivity index (χ2n) is 3.46. The van der Waals surface area contributed by atoms with E-state index in [4.69, 9.17) is 0 Å². The van der Waals surface area contributed by atoms with Gasteiger partial charge in [-0.25, -0.2) is 9.37 Å². The summed E-state index contributed by atoms with van der Waals surface area (Å²) in [5.74, 6) is 0.210. The van der Waals surface area contributed by atoms with Crippen molar-refractivity contribution in [3.63, 3.8) is 0 Å². The summed E-state index contributed by atoms with van der Waals surface area (Å²) in [6.45, 7) is 0. The Balaban J connectivity index is 2.11. The van der Waals surface area contributed by atoms with E-state index in [1.54, 1.807) is 0 Å². The Morgan fingerprint density at radius 1 is 1.57 bits per heavy atom. The molecule has 0 aromatic carbocycles. The fraction of sp³-hybridized carbons (Fsp3) is 0.556. The van der Waals surface area contributed by atoms with Gasteiger partial charge < -0.3 is 10.3 Å². The highest BCUT2D eigenvalue weighted by molar-refractivity contribution is 5.32. The lowest BCUT2D eigenvalue weighted by molar-refractivity contribution is 0.323. The van der Waals surface area contributed by atoms with Gasteiger partial charge >= 0.3 is 0 Å². The Labute approximate surface area is 80.6 Å². The van der Waals surface area contributed by atoms with Crippen LogP contribution in [0.15, 0.2) is 17.2 Å². The van der Waals surface area contributed by atoms with E-state index in [9.17, 15) is 9.18 Å². The van der Waals surface area contributed by atoms with Crippen LogP contribution in [0.25, 0.3) is 0 Å². The molecular formula is C9H12FN3O. The van der Waals surface area contributed by atoms with Crippen molar-refractivity contribution >= 4 is 5.82 Å². The molecule has 0 bridgehead atoms. The topological polar surface area (TPSA) is 57.8 Å². The van der Waals surface area contributed by atoms with Gasteiger partial charge in [0.25, 0.3) is 5.56 Å². The molecule has 2 N–H and O–H groups in total. The fourth-order valence-electron chi connectivity index (χ4n) is 1.71. The van der Waals surface area contributed by atoms with Crippen molar-refractivity contribution in [2.45, 2.75) is 31.5 Å². The molecule has 1 aliphatic carbocycles. The Morgan fingerprint density at radius 3 is 3.07 bits per heavy atom. The number of nitrogens with one attached hydrogen (secondary N) is 2. The molecular weight excluding hydrogens is 185 g/mol. The van der Waals surface area contributed by atoms with E-state index >= 15 is 0 Å². The summed E-state index contributed by atoms with van der Waals surface area (Å²) in [7, 11) is 0. The summed E-state index contributed by atoms with van der Waals surface area (Å²) in [5.41, 5.74) is -0.299. The number of hydrogen-bond acceptors (Lipinski definition) is 3. The third-order valence-corrected chi connectivity index (χ3v) is 2.46. The monoisotopic (exact) mass is 197 g/mol. The first-order chi connectivity index (χ1) is 6.77. The number of nitrogens with zero attached hydrogens (tertiary/aromatic N) is 1. The molecule has 2 rings (SSSR count). The first-order valence-electron chi connectivity index (χ1n) is 4.71. The SMILES string of the molecule is O=c1[nH]ccnc1N[C@@H]1CCC[C@@H]1F. The molecule has 0 spiro atoms. The Bertz CT molecular complexity index is 365. The van der Waals surface area contributed by atoms with Gasteiger partial charge in [-0.3, -0.25) is 4.79 Å². The molecule has 1 aliphatic rings. The molecule has 2 atom stereocenters. The molecule has 0 radical (unpaired) electrons. The van der Waals surface area contributed by atoms with Crippen molar-refractivity contribution in [3.8, 4) is 0 Å². The molecule has 0 aliphatic heterocycles. The predicted molar refractivity (Wildman–Crippen MR) is 51.0 cm³/mol. The van der Waals surface area contributed by atoms with Gasteiger partial charge in [0.2, 0.25) is 0 Å². The highest BCUT2D eigenvalue weighted by atomic mass is 19.1. The van der Waals surface area contributed by atoms with Crippen LogP contribution < -0.4 is 10.9 Å². The first-order valence-corrected chi connectivity index (χ1v) is 4.71. The number of aromatic nitrogens is 2. The number of hydrogen-bond donors (Lipinski definition) is 2. The van der Waals surface area contributed by atoms with E-state index < -0.39 is 6.17 Å². The molecule has 1 heterocycles. The molecule has 5 heteroatoms. The van der Waals surface area contributed by atoms with E-state index in [1.807, 2.05) is 0 Å². The third-order valence-electron chi connectivity index (χ3n) is 2.46. The van der Waals surface area contributed by atoms with E-state index in [-0.39, 0.29) is 17.4 Å². The molecule has 1 aromatic heterocycles. The summed E-state index contributed by atoms with van der Waals surface area (Å²) in [6, 6.07) is -0.258. The number of alkyl halides is 1. The zero-order valence-corrected chi connectivity index (χ0v) is 7.66. The van der Waals surface area contributed by atoms with Crippen LogP contribution in [-0.4, -0.2) is 22.2 Å². The molecule has 0 unspecified atom stereocenters. The number of rotatable bonds is 2. The van der Waals surface area contributed by atoms with Crippen LogP contribution in [0.5, 0.6) is 0 Å². The highest BCUT2D eigenvalue weighted by Gasteiger charge is 2.27. The smallest absolute Gasteiger partial charge is 0.290 e. The molecule has 4 nitrogen and oxygen atoms in total. The van der Waals surface area contributed by atoms with E-state index in [2.05, 4.69) is 15.3 Å². The van der Waals surface area contributed by atoms with E-state index in [0.717, 1.165) is 12.8 Å². The minimum Gasteiger partial charge on any atom is -0.360 e. The lowest BCUT2D eigenvalue weighted by Crippen LogP contribution is -2.29. The number of H-pyrrole nitrogens is 1. The number of anilines is 1. The molecule has 1 saturated carbocycles. The maximum atomic E-state index is 13.2. The second-order valence-corrected chi connectivity index (χ2v) is 3.46. The van der Waals surface area contributed by atoms with Crippen LogP contribution in [-0.2, 0) is 0 Å². The highest BCUT2D eigenvalue weighted by Crippen LogP contribution is 2.23. The lowest BCUT2D eigenvalue weighted by Gasteiger charge is -2.14. The molecule has 1 fully saturated rings. The van der Waals surface area contributed by atoms with Crippen LogP contribution >= 0.6 is 0 Å². The van der Waals surface area contributed by atoms with Gasteiger partial charge in [0.05, 0.1) is 6.04 Å². The molecule has 76 valence electrons. The van der Waals surface area contributed by atoms with Crippen LogP contribution in [0.4, 0.5) is 10.2 Å². The van der Waals surface area contributed by atoms with Gasteiger partial charge in [-0.05, 0) is 19.3 Å². The van der Waals surface area contributed by atoms with Crippen molar-refractivity contribution in [2.24, 2.45) is 0 Å². The summed E-state index contributed by atoms with van der Waals surface area (Å²) >= 11 is 0. The van der Waals surface area contributed by atoms with Crippen molar-refractivity contribution in [2.75, 3.05) is 5.32 Å². The van der Waals surface area contributed by atoms with Gasteiger partial charge in [0.1, 0.15) is 6.17 Å². The molecule has 1 aromatic rings. The third kappa shape index (κ3) is 1.76. The minimum atomic E-state index is -0.864. The van der Waals surface area contributed by atoms with Crippen LogP contribution in [0.1, 0.15) is 19.3 Å². The second kappa shape index (κ2) is 3.77. The van der Waals surface area contributed by atoms with Crippen LogP contribution in [0, 0.1) is 0 Å². The summed E-state index contributed by atoms with van der Waals surface area (Å²) in [4.78, 5) is 17.6. The molecule has 0 amide bonds. The van der Waals surface area contributed by atoms with Crippen LogP contribution in [0.3, 0.4) is 0 Å². The van der Waals surface area contributed by atoms with Gasteiger partial charge in [-0.2, -0.15) is 0 Å². The first kappa shape index (κ1) is 9.18. The average Bonchev–Trinajstić information content (AvgIpc) is 2.56. The normalized spacial score (nSPS) is 26.4. The van der Waals surface area contributed by atoms with Gasteiger partial charge in [0.15, 0.2) is 5.82 Å². The molecule has 0 saturated heterocycles. The van der Waals surface area contributed by atoms with Crippen molar-refractivity contribution < 1.29 is 4.39 Å². The van der Waals surface area contributed by atoms with Crippen molar-refractivity contribution in [1.29, 1.82) is 0 Å². The van der Waals surface area contributed by atoms with Crippen LogP contribution in [0.2, 0.25) is 0 Å². The maximum Gasteiger partial charge on any atom is 0.290 e. The summed E-state index contributed by atoms with van der Waals surface area (Å²) < 4.78 is 13.2. The van der Waals surface area contributed by atoms with Crippen molar-refractivity contribution in [3.05, 3.63) is 22.7 Å². The fourth-order valence-corrected chi connectivity index (χ4v) is 1.71. The summed E-state index contributed by atoms with van der Waals surface area (Å²) in [6.07, 6.45) is 4.26. The van der Waals surface area contributed by atoms with Gasteiger partial charge in [0, 0.05) is 12.4 Å². The van der Waals surface area contributed by atoms with Gasteiger partial charge in [-0.15, -0.1) is 0 Å². The lowest BCUT2D eigenvalue weighted by atomic mass is 10.2. The summed E-state index contributed by atoms with van der Waals surface area (Å²) in [5, 5.41) is 2.83. The Kier molecular flexibility index (Phi) is 2.47. The van der Waals surface area contributed by atoms with E-state index in [0.29, 0.717) is 6.42 Å². The Morgan fingerprint density at radius 2 is 2.43 bits per heavy atom. The van der Waals surface area contributed by atoms with Gasteiger partial charge in [-0.1, -0.05) is 0 Å².